The Bertz CT molecular complexity index is 703. The Morgan fingerprint density at radius 3 is 2.81 bits per heavy atom. The largest absolute Gasteiger partial charge is 0.283 e. The third kappa shape index (κ3) is 3.14. The predicted molar refractivity (Wildman–Crippen MR) is 88.8 cm³/mol. The number of rotatable bonds is 4. The van der Waals surface area contributed by atoms with Crippen LogP contribution in [0, 0.1) is 10.1 Å². The molecule has 0 radical (unpaired) electrons. The van der Waals surface area contributed by atoms with E-state index in [4.69, 9.17) is 0 Å². The number of hydrogen-bond acceptors (Lipinski definition) is 3. The number of aryl methyl sites for hydroxylation is 2. The summed E-state index contributed by atoms with van der Waals surface area (Å²) in [5.41, 5.74) is 4.01. The number of benzene rings is 2. The highest BCUT2D eigenvalue weighted by Gasteiger charge is 2.15. The average Bonchev–Trinajstić information content (AvgIpc) is 2.93. The standard InChI is InChI=1S/C16H14BrNO2S/c17-16-13(5-2-6-15(16)18(19)20)10-21-14-8-7-11-3-1-4-12(11)9-14/h2,5-9H,1,3-4,10H2. The van der Waals surface area contributed by atoms with Gasteiger partial charge in [-0.2, -0.15) is 0 Å². The van der Waals surface area contributed by atoms with Gasteiger partial charge in [-0.25, -0.2) is 0 Å². The maximum atomic E-state index is 10.9. The lowest BCUT2D eigenvalue weighted by Gasteiger charge is -2.07. The number of nitro groups is 1. The van der Waals surface area contributed by atoms with Gasteiger partial charge in [-0.1, -0.05) is 18.2 Å². The van der Waals surface area contributed by atoms with Crippen LogP contribution in [0.4, 0.5) is 5.69 Å². The van der Waals surface area contributed by atoms with Gasteiger partial charge < -0.3 is 0 Å². The molecule has 2 aromatic carbocycles. The summed E-state index contributed by atoms with van der Waals surface area (Å²) < 4.78 is 0.587. The first-order valence-electron chi connectivity index (χ1n) is 6.81. The van der Waals surface area contributed by atoms with Crippen molar-refractivity contribution in [2.75, 3.05) is 0 Å². The zero-order chi connectivity index (χ0) is 14.8. The zero-order valence-corrected chi connectivity index (χ0v) is 13.7. The molecule has 0 N–H and O–H groups in total. The lowest BCUT2D eigenvalue weighted by Crippen LogP contribution is -1.92. The summed E-state index contributed by atoms with van der Waals surface area (Å²) in [4.78, 5) is 11.8. The topological polar surface area (TPSA) is 43.1 Å². The predicted octanol–water partition coefficient (Wildman–Crippen LogP) is 5.14. The Morgan fingerprint density at radius 1 is 1.19 bits per heavy atom. The molecule has 0 heterocycles. The van der Waals surface area contributed by atoms with Crippen molar-refractivity contribution in [2.45, 2.75) is 29.9 Å². The fourth-order valence-electron chi connectivity index (χ4n) is 2.62. The number of thioether (sulfide) groups is 1. The highest BCUT2D eigenvalue weighted by atomic mass is 79.9. The van der Waals surface area contributed by atoms with Crippen LogP contribution in [0.15, 0.2) is 45.8 Å². The molecule has 108 valence electrons. The van der Waals surface area contributed by atoms with Crippen molar-refractivity contribution >= 4 is 33.4 Å². The van der Waals surface area contributed by atoms with Crippen molar-refractivity contribution in [3.8, 4) is 0 Å². The minimum absolute atomic E-state index is 0.127. The van der Waals surface area contributed by atoms with Crippen molar-refractivity contribution in [2.24, 2.45) is 0 Å². The number of nitro benzene ring substituents is 1. The number of fused-ring (bicyclic) bond motifs is 1. The first-order valence-corrected chi connectivity index (χ1v) is 8.59. The molecule has 0 unspecified atom stereocenters. The van der Waals surface area contributed by atoms with Gasteiger partial charge >= 0.3 is 0 Å². The first kappa shape index (κ1) is 14.6. The van der Waals surface area contributed by atoms with Crippen LogP contribution in [0.5, 0.6) is 0 Å². The number of nitrogens with zero attached hydrogens (tertiary/aromatic N) is 1. The Morgan fingerprint density at radius 2 is 2.00 bits per heavy atom. The van der Waals surface area contributed by atoms with Gasteiger partial charge in [0, 0.05) is 16.7 Å². The quantitative estimate of drug-likeness (QED) is 0.429. The van der Waals surface area contributed by atoms with E-state index in [2.05, 4.69) is 34.1 Å². The highest BCUT2D eigenvalue weighted by Crippen LogP contribution is 2.34. The van der Waals surface area contributed by atoms with E-state index in [9.17, 15) is 10.1 Å². The van der Waals surface area contributed by atoms with Crippen LogP contribution in [0.3, 0.4) is 0 Å². The molecule has 0 amide bonds. The molecular weight excluding hydrogens is 350 g/mol. The molecule has 0 saturated heterocycles. The van der Waals surface area contributed by atoms with Gasteiger partial charge in [0.15, 0.2) is 0 Å². The van der Waals surface area contributed by atoms with Crippen LogP contribution in [0.25, 0.3) is 0 Å². The van der Waals surface area contributed by atoms with Crippen molar-refractivity contribution in [1.82, 2.24) is 0 Å². The summed E-state index contributed by atoms with van der Waals surface area (Å²) >= 11 is 5.07. The fraction of sp³-hybridized carbons (Fsp3) is 0.250. The molecule has 0 bridgehead atoms. The van der Waals surface area contributed by atoms with Gasteiger partial charge in [-0.05, 0) is 64.0 Å². The SMILES string of the molecule is O=[N+]([O-])c1cccc(CSc2ccc3c(c2)CCC3)c1Br. The van der Waals surface area contributed by atoms with Crippen molar-refractivity contribution in [1.29, 1.82) is 0 Å². The maximum Gasteiger partial charge on any atom is 0.283 e. The molecule has 0 saturated carbocycles. The van der Waals surface area contributed by atoms with Crippen LogP contribution >= 0.6 is 27.7 Å². The number of halogens is 1. The van der Waals surface area contributed by atoms with Gasteiger partial charge in [-0.3, -0.25) is 10.1 Å². The molecule has 3 rings (SSSR count). The Hall–Kier alpha value is -1.33. The van der Waals surface area contributed by atoms with E-state index in [0.717, 1.165) is 11.3 Å². The monoisotopic (exact) mass is 363 g/mol. The Balaban J connectivity index is 1.76. The van der Waals surface area contributed by atoms with Crippen molar-refractivity contribution in [3.05, 3.63) is 67.7 Å². The summed E-state index contributed by atoms with van der Waals surface area (Å²) in [5.74, 6) is 0.723. The second kappa shape index (κ2) is 6.20. The number of hydrogen-bond donors (Lipinski definition) is 0. The van der Waals surface area contributed by atoms with E-state index in [1.165, 1.54) is 41.4 Å². The smallest absolute Gasteiger partial charge is 0.258 e. The summed E-state index contributed by atoms with van der Waals surface area (Å²) in [7, 11) is 0. The molecular formula is C16H14BrNO2S. The third-order valence-electron chi connectivity index (χ3n) is 3.72. The van der Waals surface area contributed by atoms with Gasteiger partial charge in [-0.15, -0.1) is 11.8 Å². The lowest BCUT2D eigenvalue weighted by molar-refractivity contribution is -0.385. The molecule has 1 aliphatic rings. The van der Waals surface area contributed by atoms with Gasteiger partial charge in [0.25, 0.3) is 5.69 Å². The summed E-state index contributed by atoms with van der Waals surface area (Å²) in [6.45, 7) is 0. The van der Waals surface area contributed by atoms with E-state index in [0.29, 0.717) is 4.47 Å². The van der Waals surface area contributed by atoms with E-state index in [1.807, 2.05) is 6.07 Å². The molecule has 0 fully saturated rings. The minimum atomic E-state index is -0.354. The lowest BCUT2D eigenvalue weighted by atomic mass is 10.1. The summed E-state index contributed by atoms with van der Waals surface area (Å²) in [6.07, 6.45) is 3.61. The maximum absolute atomic E-state index is 10.9. The molecule has 0 spiro atoms. The molecule has 0 aromatic heterocycles. The Labute approximate surface area is 136 Å². The van der Waals surface area contributed by atoms with Crippen LogP contribution in [-0.2, 0) is 18.6 Å². The highest BCUT2D eigenvalue weighted by molar-refractivity contribution is 9.10. The van der Waals surface area contributed by atoms with E-state index < -0.39 is 0 Å². The molecule has 3 nitrogen and oxygen atoms in total. The molecule has 0 aliphatic heterocycles. The normalized spacial score (nSPS) is 13.2. The van der Waals surface area contributed by atoms with Crippen LogP contribution in [0.1, 0.15) is 23.1 Å². The van der Waals surface area contributed by atoms with Gasteiger partial charge in [0.05, 0.1) is 9.40 Å². The van der Waals surface area contributed by atoms with E-state index in [-0.39, 0.29) is 10.6 Å². The van der Waals surface area contributed by atoms with Crippen LogP contribution in [0.2, 0.25) is 0 Å². The molecule has 0 atom stereocenters. The van der Waals surface area contributed by atoms with Crippen LogP contribution in [-0.4, -0.2) is 4.92 Å². The van der Waals surface area contributed by atoms with E-state index in [1.54, 1.807) is 17.8 Å². The first-order chi connectivity index (χ1) is 10.1. The summed E-state index contributed by atoms with van der Waals surface area (Å²) in [5, 5.41) is 10.9. The van der Waals surface area contributed by atoms with Crippen molar-refractivity contribution < 1.29 is 4.92 Å². The minimum Gasteiger partial charge on any atom is -0.258 e. The molecule has 5 heteroatoms. The second-order valence-corrected chi connectivity index (χ2v) is 6.92. The van der Waals surface area contributed by atoms with Crippen molar-refractivity contribution in [3.63, 3.8) is 0 Å². The Kier molecular flexibility index (Phi) is 4.31. The van der Waals surface area contributed by atoms with Crippen LogP contribution < -0.4 is 0 Å². The third-order valence-corrected chi connectivity index (χ3v) is 5.68. The fourth-order valence-corrected chi connectivity index (χ4v) is 4.31. The second-order valence-electron chi connectivity index (χ2n) is 5.08. The molecule has 1 aliphatic carbocycles. The van der Waals surface area contributed by atoms with Gasteiger partial charge in [0.1, 0.15) is 0 Å². The molecule has 2 aromatic rings. The average molecular weight is 364 g/mol. The molecule has 21 heavy (non-hydrogen) atoms. The zero-order valence-electron chi connectivity index (χ0n) is 11.3. The van der Waals surface area contributed by atoms with E-state index >= 15 is 0 Å². The summed E-state index contributed by atoms with van der Waals surface area (Å²) in [6, 6.07) is 11.8. The van der Waals surface area contributed by atoms with Gasteiger partial charge in [0.2, 0.25) is 0 Å².